The van der Waals surface area contributed by atoms with Gasteiger partial charge in [-0.15, -0.1) is 0 Å². The Hall–Kier alpha value is -1.95. The van der Waals surface area contributed by atoms with Crippen LogP contribution >= 0.6 is 0 Å². The third kappa shape index (κ3) is 3.08. The smallest absolute Gasteiger partial charge is 0.336 e. The van der Waals surface area contributed by atoms with Gasteiger partial charge in [0.2, 0.25) is 0 Å². The fraction of sp³-hybridized carbons (Fsp3) is 0.462. The van der Waals surface area contributed by atoms with Gasteiger partial charge in [0.15, 0.2) is 5.60 Å². The van der Waals surface area contributed by atoms with Gasteiger partial charge in [0.25, 0.3) is 0 Å². The monoisotopic (exact) mass is 267 g/mol. The van der Waals surface area contributed by atoms with Crippen molar-refractivity contribution in [2.45, 2.75) is 25.9 Å². The Labute approximate surface area is 110 Å². The summed E-state index contributed by atoms with van der Waals surface area (Å²) in [7, 11) is 0. The molecule has 0 aromatic carbocycles. The Balaban J connectivity index is 3.13. The number of aliphatic hydroxyl groups is 1. The van der Waals surface area contributed by atoms with Gasteiger partial charge in [0, 0.05) is 12.4 Å². The highest BCUT2D eigenvalue weighted by Crippen LogP contribution is 2.30. The highest BCUT2D eigenvalue weighted by molar-refractivity contribution is 5.86. The third-order valence-electron chi connectivity index (χ3n) is 3.21. The van der Waals surface area contributed by atoms with Gasteiger partial charge in [-0.2, -0.15) is 0 Å². The molecule has 0 amide bonds. The van der Waals surface area contributed by atoms with Crippen LogP contribution in [0.15, 0.2) is 24.5 Å². The largest absolute Gasteiger partial charge is 0.481 e. The normalized spacial score (nSPS) is 15.8. The molecule has 0 spiro atoms. The summed E-state index contributed by atoms with van der Waals surface area (Å²) in [5.74, 6) is -5.04. The first-order valence-electron chi connectivity index (χ1n) is 5.87. The minimum Gasteiger partial charge on any atom is -0.481 e. The quantitative estimate of drug-likeness (QED) is 0.703. The topological polar surface area (TPSA) is 108 Å². The molecule has 3 N–H and O–H groups in total. The van der Waals surface area contributed by atoms with E-state index in [2.05, 4.69) is 4.98 Å². The van der Waals surface area contributed by atoms with E-state index in [1.165, 1.54) is 26.2 Å². The van der Waals surface area contributed by atoms with Crippen molar-refractivity contribution in [3.05, 3.63) is 30.1 Å². The average molecular weight is 267 g/mol. The predicted octanol–water partition coefficient (Wildman–Crippen LogP) is 0.797. The standard InChI is InChI=1S/C13H17NO5/c1-8(2)13(19,12(17)18)10(11(15)16)6-9-4-3-5-14-7-9/h3-5,7-8,10,19H,6H2,1-2H3,(H,15,16)(H,17,18). The van der Waals surface area contributed by atoms with E-state index in [4.69, 9.17) is 0 Å². The van der Waals surface area contributed by atoms with Crippen LogP contribution in [0, 0.1) is 11.8 Å². The summed E-state index contributed by atoms with van der Waals surface area (Å²) in [4.78, 5) is 26.4. The number of hydrogen-bond acceptors (Lipinski definition) is 4. The highest BCUT2D eigenvalue weighted by atomic mass is 16.4. The maximum Gasteiger partial charge on any atom is 0.336 e. The van der Waals surface area contributed by atoms with Gasteiger partial charge in [-0.25, -0.2) is 4.79 Å². The lowest BCUT2D eigenvalue weighted by Crippen LogP contribution is -2.54. The molecule has 104 valence electrons. The molecular weight excluding hydrogens is 250 g/mol. The summed E-state index contributed by atoms with van der Waals surface area (Å²) >= 11 is 0. The fourth-order valence-electron chi connectivity index (χ4n) is 1.98. The molecule has 2 atom stereocenters. The van der Waals surface area contributed by atoms with E-state index < -0.39 is 29.4 Å². The molecular formula is C13H17NO5. The number of pyridine rings is 1. The first kappa shape index (κ1) is 15.1. The van der Waals surface area contributed by atoms with Gasteiger partial charge in [-0.05, 0) is 24.0 Å². The van der Waals surface area contributed by atoms with Crippen molar-refractivity contribution in [3.63, 3.8) is 0 Å². The van der Waals surface area contributed by atoms with Crippen LogP contribution in [0.1, 0.15) is 19.4 Å². The molecule has 1 aromatic heterocycles. The molecule has 0 aliphatic heterocycles. The number of hydrogen-bond donors (Lipinski definition) is 3. The van der Waals surface area contributed by atoms with E-state index in [-0.39, 0.29) is 6.42 Å². The van der Waals surface area contributed by atoms with E-state index >= 15 is 0 Å². The molecule has 0 aliphatic rings. The van der Waals surface area contributed by atoms with Gasteiger partial charge in [-0.1, -0.05) is 19.9 Å². The second-order valence-corrected chi connectivity index (χ2v) is 4.74. The Morgan fingerprint density at radius 3 is 2.37 bits per heavy atom. The number of rotatable bonds is 6. The summed E-state index contributed by atoms with van der Waals surface area (Å²) in [6, 6.07) is 3.27. The SMILES string of the molecule is CC(C)C(O)(C(=O)O)C(Cc1cccnc1)C(=O)O. The van der Waals surface area contributed by atoms with E-state index in [0.717, 1.165) is 0 Å². The third-order valence-corrected chi connectivity index (χ3v) is 3.21. The maximum atomic E-state index is 11.3. The molecule has 1 rings (SSSR count). The number of carbonyl (C=O) groups is 2. The van der Waals surface area contributed by atoms with E-state index in [1.54, 1.807) is 12.1 Å². The molecule has 0 fully saturated rings. The first-order valence-corrected chi connectivity index (χ1v) is 5.87. The summed E-state index contributed by atoms with van der Waals surface area (Å²) in [6.07, 6.45) is 2.90. The molecule has 2 unspecified atom stereocenters. The fourth-order valence-corrected chi connectivity index (χ4v) is 1.98. The number of aliphatic carboxylic acids is 2. The van der Waals surface area contributed by atoms with Crippen molar-refractivity contribution in [3.8, 4) is 0 Å². The van der Waals surface area contributed by atoms with Gasteiger partial charge in [0.05, 0.1) is 0 Å². The molecule has 19 heavy (non-hydrogen) atoms. The van der Waals surface area contributed by atoms with E-state index in [0.29, 0.717) is 5.56 Å². The lowest BCUT2D eigenvalue weighted by Gasteiger charge is -2.33. The lowest BCUT2D eigenvalue weighted by atomic mass is 9.75. The maximum absolute atomic E-state index is 11.3. The van der Waals surface area contributed by atoms with Crippen molar-refractivity contribution in [1.29, 1.82) is 0 Å². The van der Waals surface area contributed by atoms with Crippen molar-refractivity contribution >= 4 is 11.9 Å². The van der Waals surface area contributed by atoms with Crippen LogP contribution in [0.4, 0.5) is 0 Å². The number of carboxylic acids is 2. The molecule has 0 bridgehead atoms. The average Bonchev–Trinajstić information content (AvgIpc) is 2.35. The zero-order valence-electron chi connectivity index (χ0n) is 10.8. The van der Waals surface area contributed by atoms with Crippen molar-refractivity contribution in [1.82, 2.24) is 4.98 Å². The number of aromatic nitrogens is 1. The minimum absolute atomic E-state index is 0.0931. The summed E-state index contributed by atoms with van der Waals surface area (Å²) in [5.41, 5.74) is -1.75. The molecule has 6 heteroatoms. The minimum atomic E-state index is -2.32. The second kappa shape index (κ2) is 5.79. The predicted molar refractivity (Wildman–Crippen MR) is 66.5 cm³/mol. The van der Waals surface area contributed by atoms with Gasteiger partial charge < -0.3 is 15.3 Å². The molecule has 6 nitrogen and oxygen atoms in total. The van der Waals surface area contributed by atoms with Crippen LogP contribution < -0.4 is 0 Å². The number of nitrogens with zero attached hydrogens (tertiary/aromatic N) is 1. The van der Waals surface area contributed by atoms with Crippen LogP contribution in [0.3, 0.4) is 0 Å². The van der Waals surface area contributed by atoms with Gasteiger partial charge in [0.1, 0.15) is 5.92 Å². The molecule has 1 aromatic rings. The molecule has 0 radical (unpaired) electrons. The lowest BCUT2D eigenvalue weighted by molar-refractivity contribution is -0.180. The van der Waals surface area contributed by atoms with Crippen LogP contribution in [0.2, 0.25) is 0 Å². The summed E-state index contributed by atoms with van der Waals surface area (Å²) < 4.78 is 0. The highest BCUT2D eigenvalue weighted by Gasteiger charge is 2.50. The van der Waals surface area contributed by atoms with E-state index in [1.807, 2.05) is 0 Å². The van der Waals surface area contributed by atoms with Gasteiger partial charge in [-0.3, -0.25) is 9.78 Å². The van der Waals surface area contributed by atoms with Crippen LogP contribution in [0.25, 0.3) is 0 Å². The summed E-state index contributed by atoms with van der Waals surface area (Å²) in [6.45, 7) is 2.96. The Morgan fingerprint density at radius 2 is 2.00 bits per heavy atom. The van der Waals surface area contributed by atoms with Gasteiger partial charge >= 0.3 is 11.9 Å². The Bertz CT molecular complexity index is 459. The van der Waals surface area contributed by atoms with Crippen LogP contribution in [-0.4, -0.2) is 37.8 Å². The number of carboxylic acid groups (broad SMARTS) is 2. The molecule has 0 saturated heterocycles. The van der Waals surface area contributed by atoms with Crippen molar-refractivity contribution in [2.75, 3.05) is 0 Å². The first-order chi connectivity index (χ1) is 8.80. The van der Waals surface area contributed by atoms with E-state index in [9.17, 15) is 24.9 Å². The second-order valence-electron chi connectivity index (χ2n) is 4.74. The van der Waals surface area contributed by atoms with Crippen molar-refractivity contribution < 1.29 is 24.9 Å². The zero-order valence-corrected chi connectivity index (χ0v) is 10.8. The Kier molecular flexibility index (Phi) is 4.61. The zero-order chi connectivity index (χ0) is 14.6. The van der Waals surface area contributed by atoms with Crippen molar-refractivity contribution in [2.24, 2.45) is 11.8 Å². The summed E-state index contributed by atoms with van der Waals surface area (Å²) in [5, 5.41) is 28.7. The van der Waals surface area contributed by atoms with Crippen LogP contribution in [0.5, 0.6) is 0 Å². The Morgan fingerprint density at radius 1 is 1.37 bits per heavy atom. The molecule has 1 heterocycles. The molecule has 0 aliphatic carbocycles. The van der Waals surface area contributed by atoms with Crippen LogP contribution in [-0.2, 0) is 16.0 Å². The molecule has 0 saturated carbocycles.